The maximum Gasteiger partial charge on any atom is 0.233 e. The molecule has 1 fully saturated rings. The zero-order valence-electron chi connectivity index (χ0n) is 16.7. The van der Waals surface area contributed by atoms with Crippen LogP contribution in [0.3, 0.4) is 0 Å². The summed E-state index contributed by atoms with van der Waals surface area (Å²) in [5.41, 5.74) is 3.01. The lowest BCUT2D eigenvalue weighted by molar-refractivity contribution is -0.136. The summed E-state index contributed by atoms with van der Waals surface area (Å²) >= 11 is 3.50. The number of benzene rings is 2. The fourth-order valence-corrected chi connectivity index (χ4v) is 4.69. The van der Waals surface area contributed by atoms with Gasteiger partial charge in [0.05, 0.1) is 18.2 Å². The van der Waals surface area contributed by atoms with Crippen LogP contribution in [0.5, 0.6) is 0 Å². The van der Waals surface area contributed by atoms with Crippen LogP contribution in [0.25, 0.3) is 0 Å². The fourth-order valence-electron chi connectivity index (χ4n) is 4.43. The fraction of sp³-hybridized carbons (Fsp3) is 0.333. The molecule has 0 aliphatic heterocycles. The number of hydrogen-bond donors (Lipinski definition) is 0. The highest BCUT2D eigenvalue weighted by atomic mass is 79.9. The number of carbonyl (C=O) groups excluding carboxylic acids is 1. The van der Waals surface area contributed by atoms with Crippen molar-refractivity contribution in [1.82, 2.24) is 14.7 Å². The molecule has 1 aromatic heterocycles. The summed E-state index contributed by atoms with van der Waals surface area (Å²) < 4.78 is 2.98. The maximum absolute atomic E-state index is 13.5. The molecule has 1 aliphatic carbocycles. The van der Waals surface area contributed by atoms with E-state index in [0.29, 0.717) is 6.54 Å². The topological polar surface area (TPSA) is 38.1 Å². The molecule has 0 spiro atoms. The molecule has 1 saturated carbocycles. The van der Waals surface area contributed by atoms with Crippen molar-refractivity contribution in [2.45, 2.75) is 44.2 Å². The Hall–Kier alpha value is -2.40. The van der Waals surface area contributed by atoms with Gasteiger partial charge in [0, 0.05) is 29.8 Å². The Balaban J connectivity index is 1.48. The molecule has 0 saturated heterocycles. The van der Waals surface area contributed by atoms with Gasteiger partial charge in [0.25, 0.3) is 0 Å². The normalized spacial score (nSPS) is 15.4. The highest BCUT2D eigenvalue weighted by Crippen LogP contribution is 2.43. The van der Waals surface area contributed by atoms with Gasteiger partial charge in [-0.2, -0.15) is 5.10 Å². The number of halogens is 1. The van der Waals surface area contributed by atoms with Gasteiger partial charge in [-0.05, 0) is 36.1 Å². The second kappa shape index (κ2) is 8.54. The second-order valence-electron chi connectivity index (χ2n) is 7.99. The first kappa shape index (κ1) is 19.9. The molecule has 0 N–H and O–H groups in total. The number of rotatable bonds is 6. The van der Waals surface area contributed by atoms with Crippen molar-refractivity contribution in [2.75, 3.05) is 7.05 Å². The van der Waals surface area contributed by atoms with E-state index < -0.39 is 5.41 Å². The summed E-state index contributed by atoms with van der Waals surface area (Å²) in [6.45, 7) is 1.31. The van der Waals surface area contributed by atoms with Crippen molar-refractivity contribution in [3.8, 4) is 0 Å². The van der Waals surface area contributed by atoms with E-state index >= 15 is 0 Å². The van der Waals surface area contributed by atoms with E-state index in [4.69, 9.17) is 0 Å². The molecule has 0 bridgehead atoms. The van der Waals surface area contributed by atoms with Crippen LogP contribution in [0.15, 0.2) is 71.5 Å². The Morgan fingerprint density at radius 1 is 1.07 bits per heavy atom. The van der Waals surface area contributed by atoms with Crippen molar-refractivity contribution in [3.05, 3.63) is 88.2 Å². The standard InChI is InChI=1S/C24H26BrN3O/c1-27(16-20-15-26-28(18-20)17-19-7-3-2-4-8-19)23(29)24(13-5-6-14-24)21-9-11-22(25)12-10-21/h2-4,7-12,15,18H,5-6,13-14,16-17H2,1H3. The molecule has 1 aliphatic rings. The highest BCUT2D eigenvalue weighted by molar-refractivity contribution is 9.10. The SMILES string of the molecule is CN(Cc1cnn(Cc2ccccc2)c1)C(=O)C1(c2ccc(Br)cc2)CCCC1. The van der Waals surface area contributed by atoms with E-state index in [1.807, 2.05) is 59.4 Å². The summed E-state index contributed by atoms with van der Waals surface area (Å²) in [6, 6.07) is 18.6. The minimum absolute atomic E-state index is 0.216. The largest absolute Gasteiger partial charge is 0.341 e. The van der Waals surface area contributed by atoms with Gasteiger partial charge in [0.1, 0.15) is 0 Å². The summed E-state index contributed by atoms with van der Waals surface area (Å²) in [5, 5.41) is 4.48. The highest BCUT2D eigenvalue weighted by Gasteiger charge is 2.44. The second-order valence-corrected chi connectivity index (χ2v) is 8.90. The zero-order valence-corrected chi connectivity index (χ0v) is 18.3. The maximum atomic E-state index is 13.5. The van der Waals surface area contributed by atoms with Crippen LogP contribution in [-0.4, -0.2) is 27.6 Å². The van der Waals surface area contributed by atoms with Crippen molar-refractivity contribution < 1.29 is 4.79 Å². The quantitative estimate of drug-likeness (QED) is 0.518. The minimum atomic E-state index is -0.393. The molecule has 4 nitrogen and oxygen atoms in total. The van der Waals surface area contributed by atoms with E-state index in [0.717, 1.165) is 47.8 Å². The van der Waals surface area contributed by atoms with Gasteiger partial charge in [-0.1, -0.05) is 71.2 Å². The first-order chi connectivity index (χ1) is 14.1. The van der Waals surface area contributed by atoms with Gasteiger partial charge >= 0.3 is 0 Å². The summed E-state index contributed by atoms with van der Waals surface area (Å²) in [4.78, 5) is 15.4. The Bertz CT molecular complexity index is 959. The predicted molar refractivity (Wildman–Crippen MR) is 119 cm³/mol. The molecular formula is C24H26BrN3O. The number of nitrogens with zero attached hydrogens (tertiary/aromatic N) is 3. The molecule has 1 amide bonds. The first-order valence-corrected chi connectivity index (χ1v) is 10.9. The minimum Gasteiger partial charge on any atom is -0.341 e. The zero-order chi connectivity index (χ0) is 20.3. The smallest absolute Gasteiger partial charge is 0.233 e. The predicted octanol–water partition coefficient (Wildman–Crippen LogP) is 5.16. The van der Waals surface area contributed by atoms with Crippen LogP contribution in [0.2, 0.25) is 0 Å². The molecule has 5 heteroatoms. The van der Waals surface area contributed by atoms with Gasteiger partial charge in [0.2, 0.25) is 5.91 Å². The van der Waals surface area contributed by atoms with E-state index in [1.165, 1.54) is 5.56 Å². The molecule has 4 rings (SSSR count). The molecule has 29 heavy (non-hydrogen) atoms. The Morgan fingerprint density at radius 2 is 1.76 bits per heavy atom. The summed E-state index contributed by atoms with van der Waals surface area (Å²) in [5.74, 6) is 0.216. The number of carbonyl (C=O) groups is 1. The lowest BCUT2D eigenvalue weighted by Crippen LogP contribution is -2.43. The Labute approximate surface area is 180 Å². The average Bonchev–Trinajstić information content (AvgIpc) is 3.39. The third-order valence-electron chi connectivity index (χ3n) is 5.90. The molecule has 0 unspecified atom stereocenters. The van der Waals surface area contributed by atoms with Crippen molar-refractivity contribution in [3.63, 3.8) is 0 Å². The number of aromatic nitrogens is 2. The van der Waals surface area contributed by atoms with Gasteiger partial charge in [-0.25, -0.2) is 0 Å². The van der Waals surface area contributed by atoms with Crippen molar-refractivity contribution in [1.29, 1.82) is 0 Å². The van der Waals surface area contributed by atoms with E-state index in [9.17, 15) is 4.79 Å². The van der Waals surface area contributed by atoms with E-state index in [2.05, 4.69) is 45.3 Å². The van der Waals surface area contributed by atoms with Gasteiger partial charge in [0.15, 0.2) is 0 Å². The number of likely N-dealkylation sites (N-methyl/N-ethyl adjacent to an activating group) is 1. The van der Waals surface area contributed by atoms with Crippen molar-refractivity contribution in [2.24, 2.45) is 0 Å². The van der Waals surface area contributed by atoms with Crippen LogP contribution in [-0.2, 0) is 23.3 Å². The third kappa shape index (κ3) is 4.30. The average molecular weight is 452 g/mol. The molecule has 0 atom stereocenters. The molecule has 0 radical (unpaired) electrons. The van der Waals surface area contributed by atoms with Gasteiger partial charge < -0.3 is 4.90 Å². The van der Waals surface area contributed by atoms with Crippen LogP contribution in [0.4, 0.5) is 0 Å². The van der Waals surface area contributed by atoms with Crippen LogP contribution < -0.4 is 0 Å². The molecule has 2 aromatic carbocycles. The molecule has 1 heterocycles. The first-order valence-electron chi connectivity index (χ1n) is 10.1. The van der Waals surface area contributed by atoms with Crippen LogP contribution in [0, 0.1) is 0 Å². The third-order valence-corrected chi connectivity index (χ3v) is 6.43. The Kier molecular flexibility index (Phi) is 5.86. The van der Waals surface area contributed by atoms with Crippen molar-refractivity contribution >= 4 is 21.8 Å². The number of amides is 1. The molecule has 3 aromatic rings. The monoisotopic (exact) mass is 451 g/mol. The van der Waals surface area contributed by atoms with Gasteiger partial charge in [-0.3, -0.25) is 9.48 Å². The van der Waals surface area contributed by atoms with E-state index in [1.54, 1.807) is 0 Å². The summed E-state index contributed by atoms with van der Waals surface area (Å²) in [7, 11) is 1.91. The van der Waals surface area contributed by atoms with Crippen LogP contribution >= 0.6 is 15.9 Å². The van der Waals surface area contributed by atoms with E-state index in [-0.39, 0.29) is 5.91 Å². The lowest BCUT2D eigenvalue weighted by Gasteiger charge is -2.33. The van der Waals surface area contributed by atoms with Gasteiger partial charge in [-0.15, -0.1) is 0 Å². The lowest BCUT2D eigenvalue weighted by atomic mass is 9.77. The molecular weight excluding hydrogens is 426 g/mol. The Morgan fingerprint density at radius 3 is 2.45 bits per heavy atom. The number of hydrogen-bond acceptors (Lipinski definition) is 2. The van der Waals surface area contributed by atoms with Crippen LogP contribution in [0.1, 0.15) is 42.4 Å². The molecule has 150 valence electrons. The summed E-state index contributed by atoms with van der Waals surface area (Å²) in [6.07, 6.45) is 7.96.